The van der Waals surface area contributed by atoms with Gasteiger partial charge in [0.25, 0.3) is 0 Å². The van der Waals surface area contributed by atoms with Crippen LogP contribution in [0.25, 0.3) is 0 Å². The van der Waals surface area contributed by atoms with Gasteiger partial charge in [-0.25, -0.2) is 0 Å². The van der Waals surface area contributed by atoms with Crippen LogP contribution in [-0.4, -0.2) is 31.6 Å². The molecule has 1 rings (SSSR count). The Balaban J connectivity index is 0. The molecule has 2 N–H and O–H groups in total. The Morgan fingerprint density at radius 3 is 2.55 bits per heavy atom. The van der Waals surface area contributed by atoms with E-state index in [9.17, 15) is 0 Å². The van der Waals surface area contributed by atoms with Crippen molar-refractivity contribution in [2.24, 2.45) is 5.73 Å². The molecule has 0 unspecified atom stereocenters. The highest BCUT2D eigenvalue weighted by Crippen LogP contribution is 2.11. The molecular weight excluding hydrogens is 183 g/mol. The monoisotopic (exact) mass is 198 g/mol. The van der Waals surface area contributed by atoms with Crippen LogP contribution in [-0.2, 0) is 0 Å². The summed E-state index contributed by atoms with van der Waals surface area (Å²) in [6.07, 6.45) is 3.34. The second-order valence-corrected chi connectivity index (χ2v) is 2.59. The summed E-state index contributed by atoms with van der Waals surface area (Å²) >= 11 is 0. The molecule has 0 atom stereocenters. The highest BCUT2D eigenvalue weighted by atomic mass is 35.5. The van der Waals surface area contributed by atoms with Crippen LogP contribution in [0.4, 0.5) is 0 Å². The van der Waals surface area contributed by atoms with E-state index in [0.717, 1.165) is 6.54 Å². The van der Waals surface area contributed by atoms with Crippen LogP contribution < -0.4 is 5.73 Å². The number of nitrogens with zero attached hydrogens (tertiary/aromatic N) is 1. The van der Waals surface area contributed by atoms with Crippen LogP contribution in [0.1, 0.15) is 6.42 Å². The van der Waals surface area contributed by atoms with Crippen LogP contribution in [0, 0.1) is 0 Å². The third kappa shape index (κ3) is 4.64. The minimum atomic E-state index is 0. The Morgan fingerprint density at radius 1 is 1.55 bits per heavy atom. The van der Waals surface area contributed by atoms with Crippen molar-refractivity contribution in [3.63, 3.8) is 0 Å². The van der Waals surface area contributed by atoms with Gasteiger partial charge in [-0.15, -0.1) is 24.8 Å². The minimum absolute atomic E-state index is 0. The maximum atomic E-state index is 5.36. The van der Waals surface area contributed by atoms with Crippen molar-refractivity contribution in [3.8, 4) is 0 Å². The molecule has 2 nitrogen and oxygen atoms in total. The van der Waals surface area contributed by atoms with Crippen molar-refractivity contribution in [2.75, 3.05) is 26.7 Å². The van der Waals surface area contributed by atoms with E-state index < -0.39 is 0 Å². The minimum Gasteiger partial charge on any atom is -0.327 e. The molecule has 1 heterocycles. The third-order valence-electron chi connectivity index (χ3n) is 1.69. The number of rotatable bonds is 1. The van der Waals surface area contributed by atoms with E-state index >= 15 is 0 Å². The van der Waals surface area contributed by atoms with E-state index in [1.54, 1.807) is 0 Å². The lowest BCUT2D eigenvalue weighted by Gasteiger charge is -2.02. The zero-order valence-electron chi connectivity index (χ0n) is 6.75. The molecule has 0 aromatic rings. The Labute approximate surface area is 80.6 Å². The highest BCUT2D eigenvalue weighted by Gasteiger charge is 2.10. The van der Waals surface area contributed by atoms with Gasteiger partial charge in [0.15, 0.2) is 0 Å². The van der Waals surface area contributed by atoms with E-state index in [4.69, 9.17) is 5.73 Å². The van der Waals surface area contributed by atoms with Crippen molar-refractivity contribution in [2.45, 2.75) is 6.42 Å². The van der Waals surface area contributed by atoms with Gasteiger partial charge in [-0.1, -0.05) is 11.6 Å². The van der Waals surface area contributed by atoms with E-state index in [1.165, 1.54) is 18.5 Å². The molecule has 68 valence electrons. The van der Waals surface area contributed by atoms with Crippen LogP contribution >= 0.6 is 24.8 Å². The van der Waals surface area contributed by atoms with Crippen molar-refractivity contribution in [3.05, 3.63) is 11.6 Å². The number of likely N-dealkylation sites (tertiary alicyclic amines) is 1. The topological polar surface area (TPSA) is 29.3 Å². The van der Waals surface area contributed by atoms with Crippen LogP contribution in [0.15, 0.2) is 11.6 Å². The van der Waals surface area contributed by atoms with Crippen LogP contribution in [0.5, 0.6) is 0 Å². The van der Waals surface area contributed by atoms with E-state index in [0.29, 0.717) is 6.54 Å². The fraction of sp³-hybridized carbons (Fsp3) is 0.714. The second-order valence-electron chi connectivity index (χ2n) is 2.59. The van der Waals surface area contributed by atoms with E-state index in [1.807, 2.05) is 0 Å². The summed E-state index contributed by atoms with van der Waals surface area (Å²) in [5.41, 5.74) is 6.86. The molecule has 1 fully saturated rings. The van der Waals surface area contributed by atoms with Crippen molar-refractivity contribution >= 4 is 24.8 Å². The zero-order valence-corrected chi connectivity index (χ0v) is 8.38. The molecular formula is C7H16Cl2N2. The molecule has 11 heavy (non-hydrogen) atoms. The third-order valence-corrected chi connectivity index (χ3v) is 1.69. The first-order chi connectivity index (χ1) is 4.33. The Bertz CT molecular complexity index is 126. The summed E-state index contributed by atoms with van der Waals surface area (Å²) in [5.74, 6) is 0. The van der Waals surface area contributed by atoms with Crippen molar-refractivity contribution in [1.82, 2.24) is 4.90 Å². The lowest BCUT2D eigenvalue weighted by atomic mass is 10.2. The maximum absolute atomic E-state index is 5.36. The van der Waals surface area contributed by atoms with Gasteiger partial charge in [-0.2, -0.15) is 0 Å². The van der Waals surface area contributed by atoms with E-state index in [-0.39, 0.29) is 24.8 Å². The summed E-state index contributed by atoms with van der Waals surface area (Å²) in [6.45, 7) is 3.02. The number of halogens is 2. The molecule has 0 aromatic carbocycles. The number of hydrogen-bond donors (Lipinski definition) is 1. The average Bonchev–Trinajstić information content (AvgIpc) is 2.17. The molecule has 0 saturated carbocycles. The quantitative estimate of drug-likeness (QED) is 0.639. The summed E-state index contributed by atoms with van der Waals surface area (Å²) in [5, 5.41) is 0. The molecule has 0 bridgehead atoms. The molecule has 1 aliphatic heterocycles. The van der Waals surface area contributed by atoms with Crippen molar-refractivity contribution < 1.29 is 0 Å². The largest absolute Gasteiger partial charge is 0.327 e. The van der Waals surface area contributed by atoms with Gasteiger partial charge >= 0.3 is 0 Å². The Hall–Kier alpha value is 0.240. The van der Waals surface area contributed by atoms with Crippen LogP contribution in [0.3, 0.4) is 0 Å². The standard InChI is InChI=1S/C7H14N2.2ClH/c1-9-5-3-7(6-9)2-4-8;;/h2H,3-6,8H2,1H3;2*1H/b7-2+;;. The molecule has 0 aromatic heterocycles. The Kier molecular flexibility index (Phi) is 8.68. The fourth-order valence-electron chi connectivity index (χ4n) is 1.17. The highest BCUT2D eigenvalue weighted by molar-refractivity contribution is 5.85. The molecule has 1 aliphatic rings. The van der Waals surface area contributed by atoms with Gasteiger partial charge in [0, 0.05) is 19.6 Å². The first kappa shape index (κ1) is 13.8. The van der Waals surface area contributed by atoms with Gasteiger partial charge in [0.05, 0.1) is 0 Å². The first-order valence-corrected chi connectivity index (χ1v) is 3.39. The predicted molar refractivity (Wildman–Crippen MR) is 53.7 cm³/mol. The van der Waals surface area contributed by atoms with E-state index in [2.05, 4.69) is 18.0 Å². The molecule has 0 aliphatic carbocycles. The van der Waals surface area contributed by atoms with Gasteiger partial charge in [0.2, 0.25) is 0 Å². The molecule has 0 amide bonds. The summed E-state index contributed by atoms with van der Waals surface area (Å²) in [6, 6.07) is 0. The normalized spacial score (nSPS) is 21.1. The fourth-order valence-corrected chi connectivity index (χ4v) is 1.17. The van der Waals surface area contributed by atoms with Gasteiger partial charge < -0.3 is 10.6 Å². The zero-order chi connectivity index (χ0) is 6.69. The molecule has 0 radical (unpaired) electrons. The molecule has 4 heteroatoms. The maximum Gasteiger partial charge on any atom is 0.0190 e. The van der Waals surface area contributed by atoms with Gasteiger partial charge in [0.1, 0.15) is 0 Å². The lowest BCUT2D eigenvalue weighted by Crippen LogP contribution is -2.11. The number of likely N-dealkylation sites (N-methyl/N-ethyl adjacent to an activating group) is 1. The predicted octanol–water partition coefficient (Wildman–Crippen LogP) is 1.05. The molecule has 1 saturated heterocycles. The van der Waals surface area contributed by atoms with Gasteiger partial charge in [-0.05, 0) is 13.5 Å². The number of nitrogens with two attached hydrogens (primary N) is 1. The van der Waals surface area contributed by atoms with Crippen molar-refractivity contribution in [1.29, 1.82) is 0 Å². The summed E-state index contributed by atoms with van der Waals surface area (Å²) < 4.78 is 0. The van der Waals surface area contributed by atoms with Gasteiger partial charge in [-0.3, -0.25) is 0 Å². The smallest absolute Gasteiger partial charge is 0.0190 e. The average molecular weight is 199 g/mol. The SMILES string of the molecule is CN1CC/C(=C\CN)C1.Cl.Cl. The number of hydrogen-bond acceptors (Lipinski definition) is 2. The Morgan fingerprint density at radius 2 is 2.18 bits per heavy atom. The molecule has 0 spiro atoms. The van der Waals surface area contributed by atoms with Crippen LogP contribution in [0.2, 0.25) is 0 Å². The lowest BCUT2D eigenvalue weighted by molar-refractivity contribution is 0.425. The summed E-state index contributed by atoms with van der Waals surface area (Å²) in [4.78, 5) is 2.31. The summed E-state index contributed by atoms with van der Waals surface area (Å²) in [7, 11) is 2.14. The second kappa shape index (κ2) is 6.92. The first-order valence-electron chi connectivity index (χ1n) is 3.39.